The molecular weight excluding hydrogens is 250 g/mol. The van der Waals surface area contributed by atoms with Crippen molar-refractivity contribution in [3.8, 4) is 0 Å². The van der Waals surface area contributed by atoms with Crippen molar-refractivity contribution >= 4 is 28.8 Å². The van der Waals surface area contributed by atoms with Crippen LogP contribution >= 0.6 is 0 Å². The first kappa shape index (κ1) is 12.6. The van der Waals surface area contributed by atoms with Gasteiger partial charge in [-0.05, 0) is 12.1 Å². The topological polar surface area (TPSA) is 104 Å². The minimum Gasteiger partial charge on any atom is -0.478 e. The van der Waals surface area contributed by atoms with Gasteiger partial charge >= 0.3 is 12.1 Å². The lowest BCUT2D eigenvalue weighted by Gasteiger charge is -2.02. The lowest BCUT2D eigenvalue weighted by molar-refractivity contribution is 0.0698. The zero-order chi connectivity index (χ0) is 13.8. The Hall–Kier alpha value is -2.83. The van der Waals surface area contributed by atoms with Crippen LogP contribution in [0.4, 0.5) is 10.6 Å². The third-order valence-corrected chi connectivity index (χ3v) is 2.38. The van der Waals surface area contributed by atoms with E-state index < -0.39 is 12.1 Å². The molecule has 0 spiro atoms. The molecule has 0 aliphatic carbocycles. The molecule has 0 atom stereocenters. The Balaban J connectivity index is 2.31. The summed E-state index contributed by atoms with van der Waals surface area (Å²) in [6.45, 7) is 3.50. The fraction of sp³-hybridized carbons (Fsp3) is 0.0833. The molecule has 98 valence electrons. The van der Waals surface area contributed by atoms with Gasteiger partial charge in [-0.25, -0.2) is 9.59 Å². The number of hydrogen-bond donors (Lipinski definition) is 3. The number of nitrogens with zero attached hydrogens (tertiary/aromatic N) is 1. The van der Waals surface area contributed by atoms with E-state index in [1.807, 2.05) is 0 Å². The molecule has 7 heteroatoms. The van der Waals surface area contributed by atoms with E-state index in [1.54, 1.807) is 12.1 Å². The number of aromatic amines is 1. The van der Waals surface area contributed by atoms with Crippen molar-refractivity contribution in [3.63, 3.8) is 0 Å². The van der Waals surface area contributed by atoms with E-state index in [4.69, 9.17) is 9.84 Å². The molecule has 0 saturated carbocycles. The van der Waals surface area contributed by atoms with E-state index in [1.165, 1.54) is 12.1 Å². The Bertz CT molecular complexity index is 647. The molecule has 0 unspecified atom stereocenters. The van der Waals surface area contributed by atoms with Gasteiger partial charge in [-0.1, -0.05) is 18.7 Å². The van der Waals surface area contributed by atoms with Crippen LogP contribution in [-0.4, -0.2) is 34.0 Å². The van der Waals surface area contributed by atoms with Gasteiger partial charge in [-0.3, -0.25) is 10.4 Å². The molecule has 0 saturated heterocycles. The molecule has 0 bridgehead atoms. The number of benzene rings is 1. The van der Waals surface area contributed by atoms with Gasteiger partial charge in [0.15, 0.2) is 5.82 Å². The van der Waals surface area contributed by atoms with Gasteiger partial charge in [-0.2, -0.15) is 5.10 Å². The summed E-state index contributed by atoms with van der Waals surface area (Å²) in [4.78, 5) is 22.4. The van der Waals surface area contributed by atoms with Crippen LogP contribution in [0.5, 0.6) is 0 Å². The van der Waals surface area contributed by atoms with Crippen molar-refractivity contribution in [2.75, 3.05) is 11.9 Å². The molecule has 0 radical (unpaired) electrons. The van der Waals surface area contributed by atoms with Gasteiger partial charge in [0.05, 0.1) is 11.1 Å². The van der Waals surface area contributed by atoms with E-state index >= 15 is 0 Å². The maximum Gasteiger partial charge on any atom is 0.413 e. The second kappa shape index (κ2) is 5.21. The Morgan fingerprint density at radius 2 is 2.32 bits per heavy atom. The number of anilines is 1. The Morgan fingerprint density at radius 1 is 1.53 bits per heavy atom. The molecule has 7 nitrogen and oxygen atoms in total. The standard InChI is InChI=1S/C12H11N3O4/c1-2-6-19-12(18)13-10-7-4-3-5-8(11(16)17)9(7)14-15-10/h2-5H,1,6H2,(H,16,17)(H2,13,14,15,18). The van der Waals surface area contributed by atoms with Crippen molar-refractivity contribution in [2.45, 2.75) is 0 Å². The van der Waals surface area contributed by atoms with Crippen molar-refractivity contribution < 1.29 is 19.4 Å². The smallest absolute Gasteiger partial charge is 0.413 e. The normalized spacial score (nSPS) is 10.1. The van der Waals surface area contributed by atoms with Crippen LogP contribution in [0.3, 0.4) is 0 Å². The fourth-order valence-electron chi connectivity index (χ4n) is 1.58. The van der Waals surface area contributed by atoms with Crippen molar-refractivity contribution in [1.29, 1.82) is 0 Å². The second-order valence-corrected chi connectivity index (χ2v) is 3.62. The first-order valence-electron chi connectivity index (χ1n) is 5.38. The molecule has 1 amide bonds. The number of aromatic nitrogens is 2. The van der Waals surface area contributed by atoms with E-state index in [9.17, 15) is 9.59 Å². The number of carbonyl (C=O) groups is 2. The van der Waals surface area contributed by atoms with E-state index in [2.05, 4.69) is 22.1 Å². The first-order valence-corrected chi connectivity index (χ1v) is 5.38. The summed E-state index contributed by atoms with van der Waals surface area (Å²) < 4.78 is 4.75. The number of nitrogens with one attached hydrogen (secondary N) is 2. The van der Waals surface area contributed by atoms with Gasteiger partial charge in [-0.15, -0.1) is 0 Å². The predicted molar refractivity (Wildman–Crippen MR) is 68.2 cm³/mol. The summed E-state index contributed by atoms with van der Waals surface area (Å²) in [5, 5.41) is 18.4. The highest BCUT2D eigenvalue weighted by atomic mass is 16.5. The average Bonchev–Trinajstić information content (AvgIpc) is 2.79. The number of carbonyl (C=O) groups excluding carboxylic acids is 1. The number of hydrogen-bond acceptors (Lipinski definition) is 4. The lowest BCUT2D eigenvalue weighted by atomic mass is 10.1. The molecule has 1 aromatic carbocycles. The SMILES string of the molecule is C=CCOC(=O)Nc1n[nH]c2c(C(=O)O)cccc12. The number of fused-ring (bicyclic) bond motifs is 1. The van der Waals surface area contributed by atoms with E-state index in [-0.39, 0.29) is 18.0 Å². The molecule has 0 aliphatic heterocycles. The lowest BCUT2D eigenvalue weighted by Crippen LogP contribution is -2.14. The van der Waals surface area contributed by atoms with Crippen LogP contribution in [0.25, 0.3) is 10.9 Å². The Kier molecular flexibility index (Phi) is 3.46. The second-order valence-electron chi connectivity index (χ2n) is 3.62. The first-order chi connectivity index (χ1) is 9.13. The van der Waals surface area contributed by atoms with Crippen LogP contribution in [0, 0.1) is 0 Å². The van der Waals surface area contributed by atoms with Crippen molar-refractivity contribution in [2.24, 2.45) is 0 Å². The summed E-state index contributed by atoms with van der Waals surface area (Å²) in [6.07, 6.45) is 0.749. The molecule has 2 rings (SSSR count). The number of H-pyrrole nitrogens is 1. The number of rotatable bonds is 4. The molecular formula is C12H11N3O4. The van der Waals surface area contributed by atoms with E-state index in [0.717, 1.165) is 0 Å². The number of para-hydroxylation sites is 1. The monoisotopic (exact) mass is 261 g/mol. The van der Waals surface area contributed by atoms with E-state index in [0.29, 0.717) is 10.9 Å². The molecule has 19 heavy (non-hydrogen) atoms. The minimum atomic E-state index is -1.07. The summed E-state index contributed by atoms with van der Waals surface area (Å²) in [5.41, 5.74) is 0.423. The Morgan fingerprint density at radius 3 is 3.00 bits per heavy atom. The summed E-state index contributed by atoms with van der Waals surface area (Å²) >= 11 is 0. The molecule has 2 aromatic rings. The molecule has 0 fully saturated rings. The zero-order valence-corrected chi connectivity index (χ0v) is 9.84. The number of carboxylic acid groups (broad SMARTS) is 1. The fourth-order valence-corrected chi connectivity index (χ4v) is 1.58. The van der Waals surface area contributed by atoms with Crippen LogP contribution in [0.15, 0.2) is 30.9 Å². The minimum absolute atomic E-state index is 0.0779. The summed E-state index contributed by atoms with van der Waals surface area (Å²) in [5.74, 6) is -0.859. The van der Waals surface area contributed by atoms with Gasteiger partial charge < -0.3 is 9.84 Å². The molecule has 3 N–H and O–H groups in total. The van der Waals surface area contributed by atoms with Gasteiger partial charge in [0.1, 0.15) is 6.61 Å². The van der Waals surface area contributed by atoms with Crippen molar-refractivity contribution in [1.82, 2.24) is 10.2 Å². The third kappa shape index (κ3) is 2.54. The van der Waals surface area contributed by atoms with Crippen molar-refractivity contribution in [3.05, 3.63) is 36.4 Å². The highest BCUT2D eigenvalue weighted by Gasteiger charge is 2.15. The molecule has 1 aromatic heterocycles. The highest BCUT2D eigenvalue weighted by Crippen LogP contribution is 2.23. The third-order valence-electron chi connectivity index (χ3n) is 2.38. The van der Waals surface area contributed by atoms with Gasteiger partial charge in [0, 0.05) is 5.39 Å². The summed E-state index contributed by atoms with van der Waals surface area (Å²) in [6, 6.07) is 4.67. The largest absolute Gasteiger partial charge is 0.478 e. The number of amides is 1. The highest BCUT2D eigenvalue weighted by molar-refractivity contribution is 6.06. The number of aromatic carboxylic acids is 1. The number of ether oxygens (including phenoxy) is 1. The van der Waals surface area contributed by atoms with Crippen LogP contribution < -0.4 is 5.32 Å². The maximum atomic E-state index is 11.4. The quantitative estimate of drug-likeness (QED) is 0.730. The zero-order valence-electron chi connectivity index (χ0n) is 9.84. The number of carboxylic acids is 1. The predicted octanol–water partition coefficient (Wildman–Crippen LogP) is 2.00. The van der Waals surface area contributed by atoms with Gasteiger partial charge in [0.2, 0.25) is 0 Å². The van der Waals surface area contributed by atoms with Crippen LogP contribution in [-0.2, 0) is 4.74 Å². The van der Waals surface area contributed by atoms with Crippen LogP contribution in [0.1, 0.15) is 10.4 Å². The van der Waals surface area contributed by atoms with Gasteiger partial charge in [0.25, 0.3) is 0 Å². The molecule has 1 heterocycles. The van der Waals surface area contributed by atoms with Crippen LogP contribution in [0.2, 0.25) is 0 Å². The molecule has 0 aliphatic rings. The summed E-state index contributed by atoms with van der Waals surface area (Å²) in [7, 11) is 0. The Labute approximate surface area is 107 Å². The maximum absolute atomic E-state index is 11.4. The average molecular weight is 261 g/mol.